The molecular formula is C16H22N2O2. The van der Waals surface area contributed by atoms with E-state index in [-0.39, 0.29) is 0 Å². The summed E-state index contributed by atoms with van der Waals surface area (Å²) in [5, 5.41) is 10.3. The SMILES string of the molecule is OC(CN1CCCCC1)N1C=C(c2ccccc2)OC1. The van der Waals surface area contributed by atoms with Crippen LogP contribution in [0.3, 0.4) is 0 Å². The molecule has 1 unspecified atom stereocenters. The van der Waals surface area contributed by atoms with Crippen molar-refractivity contribution in [3.8, 4) is 0 Å². The van der Waals surface area contributed by atoms with Gasteiger partial charge >= 0.3 is 0 Å². The first-order chi connectivity index (χ1) is 9.83. The molecule has 0 aromatic heterocycles. The van der Waals surface area contributed by atoms with Crippen LogP contribution in [0.25, 0.3) is 5.76 Å². The summed E-state index contributed by atoms with van der Waals surface area (Å²) in [6.45, 7) is 3.32. The molecule has 1 aromatic rings. The number of piperidine rings is 1. The molecule has 0 aliphatic carbocycles. The number of rotatable bonds is 4. The van der Waals surface area contributed by atoms with Crippen LogP contribution < -0.4 is 0 Å². The summed E-state index contributed by atoms with van der Waals surface area (Å²) in [5.41, 5.74) is 1.06. The largest absolute Gasteiger partial charge is 0.471 e. The average Bonchev–Trinajstić information content (AvgIpc) is 2.99. The Kier molecular flexibility index (Phi) is 4.23. The molecule has 108 valence electrons. The maximum absolute atomic E-state index is 10.3. The molecule has 1 N–H and O–H groups in total. The van der Waals surface area contributed by atoms with Gasteiger partial charge in [-0.3, -0.25) is 4.90 Å². The molecule has 0 bridgehead atoms. The quantitative estimate of drug-likeness (QED) is 0.912. The topological polar surface area (TPSA) is 35.9 Å². The number of nitrogens with zero attached hydrogens (tertiary/aromatic N) is 2. The van der Waals surface area contributed by atoms with Crippen LogP contribution in [-0.4, -0.2) is 47.5 Å². The fourth-order valence-electron chi connectivity index (χ4n) is 2.78. The van der Waals surface area contributed by atoms with Crippen LogP contribution >= 0.6 is 0 Å². The van der Waals surface area contributed by atoms with Gasteiger partial charge < -0.3 is 14.7 Å². The van der Waals surface area contributed by atoms with Gasteiger partial charge in [-0.05, 0) is 25.9 Å². The van der Waals surface area contributed by atoms with Crippen LogP contribution in [0, 0.1) is 0 Å². The van der Waals surface area contributed by atoms with E-state index in [0.29, 0.717) is 13.3 Å². The number of hydrogen-bond acceptors (Lipinski definition) is 4. The molecule has 2 aliphatic heterocycles. The third kappa shape index (κ3) is 3.14. The lowest BCUT2D eigenvalue weighted by Crippen LogP contribution is -2.43. The van der Waals surface area contributed by atoms with Crippen molar-refractivity contribution in [2.75, 3.05) is 26.4 Å². The minimum atomic E-state index is -0.491. The average molecular weight is 274 g/mol. The van der Waals surface area contributed by atoms with Crippen LogP contribution in [0.15, 0.2) is 36.5 Å². The molecule has 0 amide bonds. The molecule has 0 saturated carbocycles. The van der Waals surface area contributed by atoms with Crippen LogP contribution in [-0.2, 0) is 4.74 Å². The maximum atomic E-state index is 10.3. The molecular weight excluding hydrogens is 252 g/mol. The van der Waals surface area contributed by atoms with Gasteiger partial charge in [0.2, 0.25) is 0 Å². The van der Waals surface area contributed by atoms with Gasteiger partial charge in [0.1, 0.15) is 12.0 Å². The molecule has 1 saturated heterocycles. The standard InChI is InChI=1S/C16H22N2O2/c19-16(12-17-9-5-2-6-10-17)18-11-15(20-13-18)14-7-3-1-4-8-14/h1,3-4,7-8,11,16,19H,2,5-6,9-10,12-13H2. The summed E-state index contributed by atoms with van der Waals surface area (Å²) in [7, 11) is 0. The van der Waals surface area contributed by atoms with Crippen molar-refractivity contribution in [1.82, 2.24) is 9.80 Å². The zero-order chi connectivity index (χ0) is 13.8. The highest BCUT2D eigenvalue weighted by Gasteiger charge is 2.23. The van der Waals surface area contributed by atoms with Gasteiger partial charge in [-0.25, -0.2) is 0 Å². The minimum Gasteiger partial charge on any atom is -0.471 e. The molecule has 1 aromatic carbocycles. The van der Waals surface area contributed by atoms with Crippen LogP contribution in [0.5, 0.6) is 0 Å². The van der Waals surface area contributed by atoms with Crippen molar-refractivity contribution in [3.05, 3.63) is 42.1 Å². The first kappa shape index (κ1) is 13.5. The van der Waals surface area contributed by atoms with Crippen LogP contribution in [0.2, 0.25) is 0 Å². The highest BCUT2D eigenvalue weighted by Crippen LogP contribution is 2.23. The minimum absolute atomic E-state index is 0.430. The number of β-amino-alcohol motifs (C(OH)–C–C–N with tert-alkyl or cyclic N) is 1. The Labute approximate surface area is 120 Å². The fraction of sp³-hybridized carbons (Fsp3) is 0.500. The molecule has 3 rings (SSSR count). The molecule has 20 heavy (non-hydrogen) atoms. The monoisotopic (exact) mass is 274 g/mol. The third-order valence-corrected chi connectivity index (χ3v) is 3.96. The normalized spacial score (nSPS) is 21.4. The van der Waals surface area contributed by atoms with E-state index in [1.807, 2.05) is 41.4 Å². The number of hydrogen-bond donors (Lipinski definition) is 1. The molecule has 1 fully saturated rings. The smallest absolute Gasteiger partial charge is 0.163 e. The zero-order valence-corrected chi connectivity index (χ0v) is 11.7. The second-order valence-corrected chi connectivity index (χ2v) is 5.49. The molecule has 4 heteroatoms. The van der Waals surface area contributed by atoms with E-state index in [1.165, 1.54) is 19.3 Å². The number of ether oxygens (including phenoxy) is 1. The Hall–Kier alpha value is -1.52. The summed E-state index contributed by atoms with van der Waals surface area (Å²) in [6.07, 6.45) is 5.23. The Balaban J connectivity index is 1.59. The second kappa shape index (κ2) is 6.29. The van der Waals surface area contributed by atoms with Crippen molar-refractivity contribution in [2.24, 2.45) is 0 Å². The molecule has 2 heterocycles. The number of aliphatic hydroxyl groups is 1. The summed E-state index contributed by atoms with van der Waals surface area (Å²) >= 11 is 0. The van der Waals surface area contributed by atoms with Crippen molar-refractivity contribution in [1.29, 1.82) is 0 Å². The number of likely N-dealkylation sites (tertiary alicyclic amines) is 1. The Morgan fingerprint density at radius 1 is 1.10 bits per heavy atom. The van der Waals surface area contributed by atoms with Gasteiger partial charge in [0.05, 0.1) is 0 Å². The van der Waals surface area contributed by atoms with Gasteiger partial charge in [-0.15, -0.1) is 0 Å². The van der Waals surface area contributed by atoms with Gasteiger partial charge in [0.15, 0.2) is 6.73 Å². The van der Waals surface area contributed by atoms with E-state index >= 15 is 0 Å². The molecule has 0 spiro atoms. The van der Waals surface area contributed by atoms with E-state index in [0.717, 1.165) is 24.4 Å². The van der Waals surface area contributed by atoms with Crippen LogP contribution in [0.4, 0.5) is 0 Å². The first-order valence-corrected chi connectivity index (χ1v) is 7.39. The van der Waals surface area contributed by atoms with Crippen molar-refractivity contribution >= 4 is 5.76 Å². The summed E-state index contributed by atoms with van der Waals surface area (Å²) in [5.74, 6) is 0.836. The highest BCUT2D eigenvalue weighted by molar-refractivity contribution is 5.60. The zero-order valence-electron chi connectivity index (χ0n) is 11.7. The van der Waals surface area contributed by atoms with Crippen molar-refractivity contribution in [2.45, 2.75) is 25.5 Å². The van der Waals surface area contributed by atoms with E-state index < -0.39 is 6.23 Å². The van der Waals surface area contributed by atoms with E-state index in [9.17, 15) is 5.11 Å². The maximum Gasteiger partial charge on any atom is 0.163 e. The summed E-state index contributed by atoms with van der Waals surface area (Å²) in [4.78, 5) is 4.21. The second-order valence-electron chi connectivity index (χ2n) is 5.49. The summed E-state index contributed by atoms with van der Waals surface area (Å²) in [6, 6.07) is 10.0. The predicted molar refractivity (Wildman–Crippen MR) is 78.5 cm³/mol. The highest BCUT2D eigenvalue weighted by atomic mass is 16.5. The summed E-state index contributed by atoms with van der Waals surface area (Å²) < 4.78 is 5.67. The van der Waals surface area contributed by atoms with Gasteiger partial charge in [-0.2, -0.15) is 0 Å². The van der Waals surface area contributed by atoms with E-state index in [1.54, 1.807) is 0 Å². The van der Waals surface area contributed by atoms with Crippen molar-refractivity contribution < 1.29 is 9.84 Å². The lowest BCUT2D eigenvalue weighted by Gasteiger charge is -2.31. The lowest BCUT2D eigenvalue weighted by atomic mass is 10.1. The van der Waals surface area contributed by atoms with E-state index in [4.69, 9.17) is 4.74 Å². The van der Waals surface area contributed by atoms with Gasteiger partial charge in [-0.1, -0.05) is 36.8 Å². The Morgan fingerprint density at radius 2 is 1.85 bits per heavy atom. The predicted octanol–water partition coefficient (Wildman–Crippen LogP) is 2.08. The molecule has 0 radical (unpaired) electrons. The number of aliphatic hydroxyl groups excluding tert-OH is 1. The third-order valence-electron chi connectivity index (χ3n) is 3.96. The molecule has 1 atom stereocenters. The van der Waals surface area contributed by atoms with Crippen LogP contribution in [0.1, 0.15) is 24.8 Å². The molecule has 4 nitrogen and oxygen atoms in total. The fourth-order valence-corrected chi connectivity index (χ4v) is 2.78. The van der Waals surface area contributed by atoms with Crippen molar-refractivity contribution in [3.63, 3.8) is 0 Å². The first-order valence-electron chi connectivity index (χ1n) is 7.39. The van der Waals surface area contributed by atoms with E-state index in [2.05, 4.69) is 4.90 Å². The number of benzene rings is 1. The Bertz CT molecular complexity index is 455. The molecule has 2 aliphatic rings. The Morgan fingerprint density at radius 3 is 2.60 bits per heavy atom. The van der Waals surface area contributed by atoms with Gasteiger partial charge in [0.25, 0.3) is 0 Å². The van der Waals surface area contributed by atoms with Gasteiger partial charge in [0, 0.05) is 18.3 Å². The lowest BCUT2D eigenvalue weighted by molar-refractivity contribution is -0.0203.